The van der Waals surface area contributed by atoms with Gasteiger partial charge in [0.05, 0.1) is 6.33 Å². The van der Waals surface area contributed by atoms with E-state index in [2.05, 4.69) is 30.9 Å². The van der Waals surface area contributed by atoms with Crippen molar-refractivity contribution in [1.29, 1.82) is 0 Å². The molecule has 162 valence electrons. The maximum atomic E-state index is 11.4. The number of imidazole rings is 1. The second kappa shape index (κ2) is 8.08. The van der Waals surface area contributed by atoms with Crippen molar-refractivity contribution < 1.29 is 19.4 Å². The second-order valence-electron chi connectivity index (χ2n) is 7.30. The number of nitrogens with two attached hydrogens (primary N) is 1. The van der Waals surface area contributed by atoms with Crippen LogP contribution in [0.5, 0.6) is 11.5 Å². The summed E-state index contributed by atoms with van der Waals surface area (Å²) in [6.45, 7) is 1.37. The molecule has 0 saturated carbocycles. The van der Waals surface area contributed by atoms with Crippen LogP contribution in [0.2, 0.25) is 0 Å². The third-order valence-electron chi connectivity index (χ3n) is 5.43. The minimum Gasteiger partial charge on any atom is -0.465 e. The van der Waals surface area contributed by atoms with Gasteiger partial charge >= 0.3 is 6.09 Å². The molecule has 1 fully saturated rings. The number of amides is 1. The van der Waals surface area contributed by atoms with Gasteiger partial charge in [-0.1, -0.05) is 0 Å². The lowest BCUT2D eigenvalue weighted by molar-refractivity contribution is 0.137. The Kier molecular flexibility index (Phi) is 5.26. The lowest BCUT2D eigenvalue weighted by Crippen LogP contribution is -2.35. The number of aromatic nitrogens is 4. The van der Waals surface area contributed by atoms with E-state index in [1.54, 1.807) is 6.33 Å². The number of hydrogen-bond donors (Lipinski definition) is 2. The summed E-state index contributed by atoms with van der Waals surface area (Å²) < 4.78 is 13.6. The summed E-state index contributed by atoms with van der Waals surface area (Å²) in [6, 6.07) is 3.74. The number of nitrogen functional groups attached to an aromatic ring is 1. The summed E-state index contributed by atoms with van der Waals surface area (Å²) in [5.74, 6) is 2.31. The van der Waals surface area contributed by atoms with Crippen LogP contribution in [0.3, 0.4) is 0 Å². The molecule has 1 saturated heterocycles. The highest BCUT2D eigenvalue weighted by atomic mass is 79.9. The number of hydrogen-bond acceptors (Lipinski definition) is 8. The number of rotatable bonds is 5. The molecule has 0 aliphatic carbocycles. The number of aryl methyl sites for hydroxylation is 1. The highest BCUT2D eigenvalue weighted by Gasteiger charge is 2.29. The third kappa shape index (κ3) is 3.85. The van der Waals surface area contributed by atoms with E-state index in [4.69, 9.17) is 15.2 Å². The van der Waals surface area contributed by atoms with E-state index in [0.29, 0.717) is 53.5 Å². The lowest BCUT2D eigenvalue weighted by Gasteiger charge is -2.22. The minimum atomic E-state index is -0.867. The normalized spacial score (nSPS) is 17.6. The van der Waals surface area contributed by atoms with Gasteiger partial charge in [0.1, 0.15) is 0 Å². The first-order valence-corrected chi connectivity index (χ1v) is 11.4. The summed E-state index contributed by atoms with van der Waals surface area (Å²) in [4.78, 5) is 27.3. The van der Waals surface area contributed by atoms with E-state index >= 15 is 0 Å². The van der Waals surface area contributed by atoms with Crippen molar-refractivity contribution in [2.45, 2.75) is 41.9 Å². The number of likely N-dealkylation sites (tertiary alicyclic amines) is 1. The van der Waals surface area contributed by atoms with Gasteiger partial charge in [0.15, 0.2) is 34.0 Å². The predicted molar refractivity (Wildman–Crippen MR) is 116 cm³/mol. The molecule has 1 amide bonds. The Morgan fingerprint density at radius 2 is 2.13 bits per heavy atom. The molecule has 0 unspecified atom stereocenters. The Morgan fingerprint density at radius 1 is 1.32 bits per heavy atom. The molecule has 3 N–H and O–H groups in total. The molecular formula is C19H19BrN6O4S. The molecule has 4 heterocycles. The SMILES string of the molecule is Nc1ncn(CC[C@@H]2CCCN2C(=O)O)c2nc(Sc3cc4c(cc3Br)OCO4)nc1-2. The third-order valence-corrected chi connectivity index (χ3v) is 7.27. The molecule has 31 heavy (non-hydrogen) atoms. The average Bonchev–Trinajstić information content (AvgIpc) is 3.47. The van der Waals surface area contributed by atoms with Crippen LogP contribution in [-0.4, -0.2) is 55.0 Å². The average molecular weight is 507 g/mol. The fraction of sp³-hybridized carbons (Fsp3) is 0.368. The lowest BCUT2D eigenvalue weighted by atomic mass is 10.1. The van der Waals surface area contributed by atoms with E-state index in [1.165, 1.54) is 16.7 Å². The van der Waals surface area contributed by atoms with Gasteiger partial charge in [-0.15, -0.1) is 0 Å². The standard InChI is InChI=1S/C19H19BrN6O4S/c20-11-6-12-13(30-9-29-12)7-14(11)31-18-23-15-16(21)22-8-25(17(15)24-18)5-3-10-2-1-4-26(10)19(27)28/h6-8,10H,1-5,9,21H2,(H,27,28)/t10-/m0/s1. The number of fused-ring (bicyclic) bond motifs is 2. The molecule has 1 atom stereocenters. The fourth-order valence-electron chi connectivity index (χ4n) is 3.89. The van der Waals surface area contributed by atoms with Crippen molar-refractivity contribution in [2.75, 3.05) is 19.1 Å². The molecule has 4 aliphatic heterocycles. The first-order chi connectivity index (χ1) is 15.0. The van der Waals surface area contributed by atoms with E-state index in [9.17, 15) is 9.90 Å². The molecule has 0 radical (unpaired) electrons. The van der Waals surface area contributed by atoms with Gasteiger partial charge in [0.2, 0.25) is 6.79 Å². The summed E-state index contributed by atoms with van der Waals surface area (Å²) in [7, 11) is 0. The van der Waals surface area contributed by atoms with Gasteiger partial charge in [-0.2, -0.15) is 0 Å². The van der Waals surface area contributed by atoms with Crippen molar-refractivity contribution in [2.24, 2.45) is 0 Å². The number of nitrogens with zero attached hydrogens (tertiary/aromatic N) is 5. The number of carbonyl (C=O) groups is 1. The Morgan fingerprint density at radius 3 is 2.94 bits per heavy atom. The predicted octanol–water partition coefficient (Wildman–Crippen LogP) is 3.54. The maximum absolute atomic E-state index is 11.4. The Labute approximate surface area is 190 Å². The van der Waals surface area contributed by atoms with Gasteiger partial charge < -0.3 is 29.8 Å². The molecule has 1 aromatic rings. The zero-order chi connectivity index (χ0) is 21.5. The molecule has 0 aromatic heterocycles. The van der Waals surface area contributed by atoms with E-state index in [-0.39, 0.29) is 12.8 Å². The first kappa shape index (κ1) is 20.2. The first-order valence-electron chi connectivity index (χ1n) is 9.74. The molecule has 0 bridgehead atoms. The van der Waals surface area contributed by atoms with Gasteiger partial charge in [-0.25, -0.2) is 19.7 Å². The molecule has 12 heteroatoms. The van der Waals surface area contributed by atoms with Crippen LogP contribution in [0, 0.1) is 0 Å². The number of benzene rings is 1. The highest BCUT2D eigenvalue weighted by molar-refractivity contribution is 9.10. The largest absolute Gasteiger partial charge is 0.465 e. The zero-order valence-corrected chi connectivity index (χ0v) is 18.7. The van der Waals surface area contributed by atoms with Gasteiger partial charge in [-0.05, 0) is 59.1 Å². The van der Waals surface area contributed by atoms with Crippen LogP contribution < -0.4 is 15.2 Å². The number of halogens is 1. The fourth-order valence-corrected chi connectivity index (χ4v) is 5.25. The van der Waals surface area contributed by atoms with E-state index < -0.39 is 6.09 Å². The van der Waals surface area contributed by atoms with Crippen LogP contribution in [0.15, 0.2) is 33.0 Å². The highest BCUT2D eigenvalue weighted by Crippen LogP contribution is 2.43. The van der Waals surface area contributed by atoms with Gasteiger partial charge in [0, 0.05) is 28.5 Å². The molecule has 10 nitrogen and oxygen atoms in total. The van der Waals surface area contributed by atoms with E-state index in [0.717, 1.165) is 22.2 Å². The summed E-state index contributed by atoms with van der Waals surface area (Å²) in [5.41, 5.74) is 6.58. The Balaban J connectivity index is 1.39. The molecule has 5 rings (SSSR count). The van der Waals surface area contributed by atoms with Crippen molar-refractivity contribution in [3.8, 4) is 23.0 Å². The zero-order valence-electron chi connectivity index (χ0n) is 16.3. The van der Waals surface area contributed by atoms with Gasteiger partial charge in [-0.3, -0.25) is 0 Å². The smallest absolute Gasteiger partial charge is 0.407 e. The number of carboxylic acid groups (broad SMARTS) is 1. The second-order valence-corrected chi connectivity index (χ2v) is 9.16. The van der Waals surface area contributed by atoms with Crippen molar-refractivity contribution in [3.63, 3.8) is 0 Å². The molecule has 0 spiro atoms. The summed E-state index contributed by atoms with van der Waals surface area (Å²) in [5, 5.41) is 9.90. The Bertz CT molecular complexity index is 1130. The van der Waals surface area contributed by atoms with E-state index in [1.807, 2.05) is 16.7 Å². The number of anilines is 1. The summed E-state index contributed by atoms with van der Waals surface area (Å²) >= 11 is 4.94. The van der Waals surface area contributed by atoms with Crippen LogP contribution in [-0.2, 0) is 6.54 Å². The van der Waals surface area contributed by atoms with Crippen LogP contribution in [0.25, 0.3) is 11.5 Å². The van der Waals surface area contributed by atoms with Crippen molar-refractivity contribution in [1.82, 2.24) is 24.4 Å². The van der Waals surface area contributed by atoms with Crippen molar-refractivity contribution >= 4 is 39.6 Å². The topological polar surface area (TPSA) is 129 Å². The van der Waals surface area contributed by atoms with Crippen molar-refractivity contribution in [3.05, 3.63) is 22.9 Å². The quantitative estimate of drug-likeness (QED) is 0.533. The Hall–Kier alpha value is -2.73. The van der Waals surface area contributed by atoms with Gasteiger partial charge in [0.25, 0.3) is 0 Å². The molecule has 1 aromatic carbocycles. The van der Waals surface area contributed by atoms with Crippen LogP contribution in [0.4, 0.5) is 10.6 Å². The monoisotopic (exact) mass is 506 g/mol. The molecule has 4 aliphatic rings. The maximum Gasteiger partial charge on any atom is 0.407 e. The summed E-state index contributed by atoms with van der Waals surface area (Å²) in [6.07, 6.45) is 3.20. The number of ether oxygens (including phenoxy) is 2. The minimum absolute atomic E-state index is 0.000965. The molecular weight excluding hydrogens is 488 g/mol. The van der Waals surface area contributed by atoms with Crippen LogP contribution in [0.1, 0.15) is 19.3 Å². The van der Waals surface area contributed by atoms with Crippen LogP contribution >= 0.6 is 27.7 Å².